The summed E-state index contributed by atoms with van der Waals surface area (Å²) in [6.07, 6.45) is -4.32. The highest BCUT2D eigenvalue weighted by molar-refractivity contribution is 7.81. The molecule has 1 nitrogen and oxygen atoms in total. The molecule has 0 atom stereocenters. The summed E-state index contributed by atoms with van der Waals surface area (Å²) >= 11 is 5.18. The standard InChI is InChI=1S/C14H10F3NS/c15-14(16,17)11-6-8-12(9-7-11)18-13(19)10-4-2-1-3-5-10/h1-9H,(H,18,19). The van der Waals surface area contributed by atoms with Crippen LogP contribution in [-0.2, 0) is 6.18 Å². The summed E-state index contributed by atoms with van der Waals surface area (Å²) in [4.78, 5) is 0.473. The maximum Gasteiger partial charge on any atom is 0.416 e. The molecule has 5 heteroatoms. The molecule has 0 spiro atoms. The van der Waals surface area contributed by atoms with Crippen molar-refractivity contribution >= 4 is 22.9 Å². The van der Waals surface area contributed by atoms with Crippen LogP contribution in [0.1, 0.15) is 11.1 Å². The Morgan fingerprint density at radius 3 is 2.00 bits per heavy atom. The minimum Gasteiger partial charge on any atom is -0.346 e. The van der Waals surface area contributed by atoms with Crippen LogP contribution < -0.4 is 5.32 Å². The Bertz CT molecular complexity index is 561. The van der Waals surface area contributed by atoms with Crippen LogP contribution >= 0.6 is 12.2 Å². The highest BCUT2D eigenvalue weighted by atomic mass is 32.1. The summed E-state index contributed by atoms with van der Waals surface area (Å²) in [5.74, 6) is 0. The summed E-state index contributed by atoms with van der Waals surface area (Å²) in [6, 6.07) is 14.0. The predicted octanol–water partition coefficient (Wildman–Crippen LogP) is 4.49. The lowest BCUT2D eigenvalue weighted by molar-refractivity contribution is -0.137. The van der Waals surface area contributed by atoms with E-state index in [1.807, 2.05) is 30.3 Å². The van der Waals surface area contributed by atoms with Crippen molar-refractivity contribution in [2.24, 2.45) is 0 Å². The van der Waals surface area contributed by atoms with E-state index >= 15 is 0 Å². The molecule has 0 saturated carbocycles. The van der Waals surface area contributed by atoms with Crippen LogP contribution in [0, 0.1) is 0 Å². The molecule has 0 unspecified atom stereocenters. The third-order valence-electron chi connectivity index (χ3n) is 2.51. The van der Waals surface area contributed by atoms with Gasteiger partial charge in [0.25, 0.3) is 0 Å². The zero-order valence-corrected chi connectivity index (χ0v) is 10.6. The van der Waals surface area contributed by atoms with Crippen molar-refractivity contribution in [1.82, 2.24) is 0 Å². The molecule has 2 aromatic rings. The topological polar surface area (TPSA) is 12.0 Å². The number of thiocarbonyl (C=S) groups is 1. The second kappa shape index (κ2) is 5.40. The highest BCUT2D eigenvalue weighted by Gasteiger charge is 2.29. The summed E-state index contributed by atoms with van der Waals surface area (Å²) in [7, 11) is 0. The van der Waals surface area contributed by atoms with Crippen LogP contribution in [0.15, 0.2) is 54.6 Å². The van der Waals surface area contributed by atoms with Gasteiger partial charge in [0.05, 0.1) is 5.56 Å². The molecule has 0 fully saturated rings. The van der Waals surface area contributed by atoms with Crippen LogP contribution in [0.5, 0.6) is 0 Å². The van der Waals surface area contributed by atoms with Crippen LogP contribution in [0.4, 0.5) is 18.9 Å². The molecule has 98 valence electrons. The Morgan fingerprint density at radius 1 is 0.895 bits per heavy atom. The van der Waals surface area contributed by atoms with E-state index in [1.165, 1.54) is 12.1 Å². The summed E-state index contributed by atoms with van der Waals surface area (Å²) < 4.78 is 37.2. The normalized spacial score (nSPS) is 11.1. The maximum absolute atomic E-state index is 12.4. The molecule has 0 aromatic heterocycles. The fourth-order valence-electron chi connectivity index (χ4n) is 1.54. The summed E-state index contributed by atoms with van der Waals surface area (Å²) in [5.41, 5.74) is 0.669. The van der Waals surface area contributed by atoms with Gasteiger partial charge in [0, 0.05) is 11.3 Å². The Kier molecular flexibility index (Phi) is 3.85. The molecule has 0 heterocycles. The van der Waals surface area contributed by atoms with Crippen molar-refractivity contribution in [3.05, 3.63) is 65.7 Å². The summed E-state index contributed by atoms with van der Waals surface area (Å²) in [5, 5.41) is 2.90. The monoisotopic (exact) mass is 281 g/mol. The first-order valence-corrected chi connectivity index (χ1v) is 5.91. The van der Waals surface area contributed by atoms with Gasteiger partial charge in [-0.2, -0.15) is 13.2 Å². The van der Waals surface area contributed by atoms with Gasteiger partial charge < -0.3 is 5.32 Å². The van der Waals surface area contributed by atoms with Gasteiger partial charge in [-0.05, 0) is 24.3 Å². The molecule has 0 saturated heterocycles. The molecular formula is C14H10F3NS. The van der Waals surface area contributed by atoms with Crippen molar-refractivity contribution in [2.75, 3.05) is 5.32 Å². The minimum absolute atomic E-state index is 0.473. The van der Waals surface area contributed by atoms with Gasteiger partial charge in [-0.1, -0.05) is 42.5 Å². The van der Waals surface area contributed by atoms with Crippen molar-refractivity contribution in [1.29, 1.82) is 0 Å². The molecule has 2 rings (SSSR count). The number of alkyl halides is 3. The largest absolute Gasteiger partial charge is 0.416 e. The van der Waals surface area contributed by atoms with Crippen LogP contribution in [0.25, 0.3) is 0 Å². The van der Waals surface area contributed by atoms with Gasteiger partial charge in [0.1, 0.15) is 4.99 Å². The van der Waals surface area contributed by atoms with E-state index in [4.69, 9.17) is 12.2 Å². The Morgan fingerprint density at radius 2 is 1.47 bits per heavy atom. The average Bonchev–Trinajstić information content (AvgIpc) is 2.39. The molecular weight excluding hydrogens is 271 g/mol. The second-order valence-electron chi connectivity index (χ2n) is 3.90. The number of rotatable bonds is 2. The number of nitrogens with one attached hydrogen (secondary N) is 1. The molecule has 0 aliphatic carbocycles. The second-order valence-corrected chi connectivity index (χ2v) is 4.30. The Balaban J connectivity index is 2.10. The molecule has 0 amide bonds. The van der Waals surface area contributed by atoms with E-state index in [-0.39, 0.29) is 0 Å². The lowest BCUT2D eigenvalue weighted by Crippen LogP contribution is -2.11. The lowest BCUT2D eigenvalue weighted by atomic mass is 10.2. The molecule has 0 bridgehead atoms. The molecule has 0 radical (unpaired) electrons. The van der Waals surface area contributed by atoms with Crippen LogP contribution in [0.3, 0.4) is 0 Å². The maximum atomic E-state index is 12.4. The zero-order valence-electron chi connectivity index (χ0n) is 9.74. The van der Waals surface area contributed by atoms with Crippen molar-refractivity contribution in [3.63, 3.8) is 0 Å². The first kappa shape index (κ1) is 13.5. The first-order chi connectivity index (χ1) is 8.97. The average molecular weight is 281 g/mol. The van der Waals surface area contributed by atoms with Crippen molar-refractivity contribution < 1.29 is 13.2 Å². The van der Waals surface area contributed by atoms with Gasteiger partial charge in [-0.15, -0.1) is 0 Å². The number of hydrogen-bond donors (Lipinski definition) is 1. The molecule has 19 heavy (non-hydrogen) atoms. The van der Waals surface area contributed by atoms with Crippen LogP contribution in [0.2, 0.25) is 0 Å². The summed E-state index contributed by atoms with van der Waals surface area (Å²) in [6.45, 7) is 0. The fraction of sp³-hybridized carbons (Fsp3) is 0.0714. The third-order valence-corrected chi connectivity index (χ3v) is 2.84. The van der Waals surface area contributed by atoms with Gasteiger partial charge in [-0.25, -0.2) is 0 Å². The molecule has 0 aliphatic heterocycles. The SMILES string of the molecule is FC(F)(F)c1ccc(NC(=S)c2ccccc2)cc1. The minimum atomic E-state index is -4.32. The van der Waals surface area contributed by atoms with Crippen molar-refractivity contribution in [3.8, 4) is 0 Å². The first-order valence-electron chi connectivity index (χ1n) is 5.50. The highest BCUT2D eigenvalue weighted by Crippen LogP contribution is 2.29. The Hall–Kier alpha value is -1.88. The van der Waals surface area contributed by atoms with E-state index in [2.05, 4.69) is 5.32 Å². The lowest BCUT2D eigenvalue weighted by Gasteiger charge is -2.10. The molecule has 1 N–H and O–H groups in total. The van der Waals surface area contributed by atoms with E-state index < -0.39 is 11.7 Å². The molecule has 0 aliphatic rings. The van der Waals surface area contributed by atoms with Gasteiger partial charge in [0.2, 0.25) is 0 Å². The van der Waals surface area contributed by atoms with Gasteiger partial charge in [-0.3, -0.25) is 0 Å². The van der Waals surface area contributed by atoms with E-state index in [1.54, 1.807) is 0 Å². The molecule has 2 aromatic carbocycles. The van der Waals surface area contributed by atoms with Gasteiger partial charge >= 0.3 is 6.18 Å². The van der Waals surface area contributed by atoms with E-state index in [0.717, 1.165) is 17.7 Å². The number of benzene rings is 2. The zero-order chi connectivity index (χ0) is 13.9. The number of hydrogen-bond acceptors (Lipinski definition) is 1. The van der Waals surface area contributed by atoms with Crippen LogP contribution in [-0.4, -0.2) is 4.99 Å². The third kappa shape index (κ3) is 3.54. The predicted molar refractivity (Wildman–Crippen MR) is 73.2 cm³/mol. The van der Waals surface area contributed by atoms with E-state index in [0.29, 0.717) is 10.7 Å². The fourth-order valence-corrected chi connectivity index (χ4v) is 1.79. The van der Waals surface area contributed by atoms with Gasteiger partial charge in [0.15, 0.2) is 0 Å². The van der Waals surface area contributed by atoms with E-state index in [9.17, 15) is 13.2 Å². The number of anilines is 1. The Labute approximate surface area is 114 Å². The number of halogens is 3. The van der Waals surface area contributed by atoms with Crippen molar-refractivity contribution in [2.45, 2.75) is 6.18 Å². The quantitative estimate of drug-likeness (QED) is 0.814. The smallest absolute Gasteiger partial charge is 0.346 e.